The molecule has 4 N–H and O–H groups in total. The fourth-order valence-corrected chi connectivity index (χ4v) is 10.2. The number of methoxy groups -OCH3 is 2. The molecule has 4 aromatic rings. The molecule has 15 heteroatoms. The van der Waals surface area contributed by atoms with E-state index in [4.69, 9.17) is 24.2 Å². The molecular formula is C46H54N8O7. The third-order valence-corrected chi connectivity index (χ3v) is 13.4. The minimum Gasteiger partial charge on any atom is -0.453 e. The Kier molecular flexibility index (Phi) is 10.8. The van der Waals surface area contributed by atoms with Crippen molar-refractivity contribution >= 4 is 34.8 Å². The second kappa shape index (κ2) is 16.2. The van der Waals surface area contributed by atoms with Crippen molar-refractivity contribution < 1.29 is 33.4 Å². The molecule has 0 radical (unpaired) electrons. The molecule has 320 valence electrons. The van der Waals surface area contributed by atoms with Gasteiger partial charge in [-0.15, -0.1) is 0 Å². The van der Waals surface area contributed by atoms with Gasteiger partial charge in [-0.1, -0.05) is 38.0 Å². The number of piperidine rings is 2. The molecule has 1 unspecified atom stereocenters. The van der Waals surface area contributed by atoms with Crippen LogP contribution in [0.2, 0.25) is 0 Å². The number of nitrogens with zero attached hydrogens (tertiary/aromatic N) is 4. The highest BCUT2D eigenvalue weighted by molar-refractivity contribution is 5.89. The summed E-state index contributed by atoms with van der Waals surface area (Å²) >= 11 is 0. The summed E-state index contributed by atoms with van der Waals surface area (Å²) in [4.78, 5) is 72.9. The van der Waals surface area contributed by atoms with Crippen LogP contribution < -0.4 is 10.6 Å². The van der Waals surface area contributed by atoms with Gasteiger partial charge in [0, 0.05) is 23.2 Å². The number of hydrogen-bond acceptors (Lipinski definition) is 9. The zero-order valence-electron chi connectivity index (χ0n) is 35.4. The van der Waals surface area contributed by atoms with Crippen LogP contribution >= 0.6 is 0 Å². The van der Waals surface area contributed by atoms with Gasteiger partial charge in [0.05, 0.1) is 56.6 Å². The fraction of sp³-hybridized carbons (Fsp3) is 0.522. The van der Waals surface area contributed by atoms with Crippen LogP contribution in [0.3, 0.4) is 0 Å². The zero-order valence-corrected chi connectivity index (χ0v) is 35.4. The summed E-state index contributed by atoms with van der Waals surface area (Å²) in [5, 5.41) is 7.69. The number of hydrogen-bond donors (Lipinski definition) is 4. The molecule has 0 bridgehead atoms. The molecule has 9 rings (SSSR count). The highest BCUT2D eigenvalue weighted by Crippen LogP contribution is 2.54. The van der Waals surface area contributed by atoms with E-state index in [0.29, 0.717) is 36.2 Å². The van der Waals surface area contributed by atoms with Crippen LogP contribution in [0.4, 0.5) is 9.59 Å². The van der Waals surface area contributed by atoms with E-state index in [1.807, 2.05) is 49.8 Å². The van der Waals surface area contributed by atoms with Crippen molar-refractivity contribution in [1.29, 1.82) is 0 Å². The molecule has 3 saturated heterocycles. The molecule has 5 heterocycles. The lowest BCUT2D eigenvalue weighted by Crippen LogP contribution is -2.55. The monoisotopic (exact) mass is 830 g/mol. The molecule has 11 atom stereocenters. The molecule has 61 heavy (non-hydrogen) atoms. The number of alkyl carbamates (subject to hydrolysis) is 2. The Hall–Kier alpha value is -5.88. The van der Waals surface area contributed by atoms with Crippen LogP contribution in [0.25, 0.3) is 22.0 Å². The number of imidazole rings is 2. The Labute approximate surface area is 355 Å². The number of fused-ring (bicyclic) bond motifs is 3. The number of carbonyl (C=O) groups is 4. The summed E-state index contributed by atoms with van der Waals surface area (Å²) in [6, 6.07) is 10.8. The maximum Gasteiger partial charge on any atom is 0.407 e. The van der Waals surface area contributed by atoms with Gasteiger partial charge in [-0.2, -0.15) is 0 Å². The third-order valence-electron chi connectivity index (χ3n) is 13.4. The van der Waals surface area contributed by atoms with Gasteiger partial charge in [0.25, 0.3) is 0 Å². The van der Waals surface area contributed by atoms with Gasteiger partial charge in [0.2, 0.25) is 11.8 Å². The molecule has 2 saturated carbocycles. The van der Waals surface area contributed by atoms with E-state index in [0.717, 1.165) is 59.1 Å². The number of benzene rings is 2. The predicted molar refractivity (Wildman–Crippen MR) is 225 cm³/mol. The van der Waals surface area contributed by atoms with Crippen LogP contribution in [0.1, 0.15) is 101 Å². The van der Waals surface area contributed by atoms with Crippen molar-refractivity contribution in [3.63, 3.8) is 0 Å². The van der Waals surface area contributed by atoms with Crippen LogP contribution in [-0.4, -0.2) is 104 Å². The summed E-state index contributed by atoms with van der Waals surface area (Å²) in [5.74, 6) is 8.42. The minimum atomic E-state index is -0.717. The summed E-state index contributed by atoms with van der Waals surface area (Å²) in [6.07, 6.45) is 7.18. The number of likely N-dealkylation sites (tertiary alicyclic amines) is 2. The first-order valence-corrected chi connectivity index (χ1v) is 21.5. The first kappa shape index (κ1) is 40.5. The Morgan fingerprint density at radius 1 is 0.754 bits per heavy atom. The topological polar surface area (TPSA) is 184 Å². The van der Waals surface area contributed by atoms with Crippen molar-refractivity contribution in [2.24, 2.45) is 23.7 Å². The van der Waals surface area contributed by atoms with E-state index >= 15 is 0 Å². The van der Waals surface area contributed by atoms with Crippen molar-refractivity contribution in [3.05, 3.63) is 71.7 Å². The first-order chi connectivity index (χ1) is 29.4. The highest BCUT2D eigenvalue weighted by Gasteiger charge is 2.58. The van der Waals surface area contributed by atoms with Gasteiger partial charge >= 0.3 is 12.2 Å². The molecule has 2 aromatic carbocycles. The molecule has 5 fully saturated rings. The molecule has 2 aromatic heterocycles. The fourth-order valence-electron chi connectivity index (χ4n) is 10.2. The molecule has 2 aliphatic carbocycles. The second-order valence-corrected chi connectivity index (χ2v) is 18.0. The summed E-state index contributed by atoms with van der Waals surface area (Å²) in [6.45, 7) is 7.85. The van der Waals surface area contributed by atoms with Crippen molar-refractivity contribution in [3.8, 4) is 23.1 Å². The summed E-state index contributed by atoms with van der Waals surface area (Å²) in [5.41, 5.74) is 3.34. The van der Waals surface area contributed by atoms with Gasteiger partial charge < -0.3 is 44.6 Å². The van der Waals surface area contributed by atoms with E-state index < -0.39 is 24.3 Å². The minimum absolute atomic E-state index is 0.0164. The largest absolute Gasteiger partial charge is 0.453 e. The molecule has 15 nitrogen and oxygen atoms in total. The van der Waals surface area contributed by atoms with Crippen LogP contribution in [-0.2, 0) is 23.8 Å². The Morgan fingerprint density at radius 2 is 1.36 bits per heavy atom. The Morgan fingerprint density at radius 3 is 2.03 bits per heavy atom. The number of aromatic amines is 2. The van der Waals surface area contributed by atoms with Gasteiger partial charge in [0.15, 0.2) is 0 Å². The number of H-pyrrole nitrogens is 2. The highest BCUT2D eigenvalue weighted by atomic mass is 16.5. The summed E-state index contributed by atoms with van der Waals surface area (Å²) in [7, 11) is 2.61. The Bertz CT molecular complexity index is 2410. The number of aromatic nitrogens is 4. The van der Waals surface area contributed by atoms with Crippen molar-refractivity contribution in [2.75, 3.05) is 14.2 Å². The average molecular weight is 831 g/mol. The number of amides is 4. The maximum absolute atomic E-state index is 14.3. The Balaban J connectivity index is 0.881. The molecule has 0 spiro atoms. The van der Waals surface area contributed by atoms with Gasteiger partial charge in [-0.3, -0.25) is 9.59 Å². The summed E-state index contributed by atoms with van der Waals surface area (Å²) < 4.78 is 15.7. The van der Waals surface area contributed by atoms with Crippen molar-refractivity contribution in [1.82, 2.24) is 40.4 Å². The molecular weight excluding hydrogens is 777 g/mol. The van der Waals surface area contributed by atoms with E-state index in [-0.39, 0.29) is 60.0 Å². The predicted octanol–water partition coefficient (Wildman–Crippen LogP) is 5.99. The van der Waals surface area contributed by atoms with Crippen LogP contribution in [0.15, 0.2) is 48.8 Å². The lowest BCUT2D eigenvalue weighted by atomic mass is 9.85. The number of nitrogens with one attached hydrogen (secondary N) is 4. The number of rotatable bonds is 9. The second-order valence-electron chi connectivity index (χ2n) is 18.0. The number of ether oxygens (including phenoxy) is 3. The normalized spacial score (nSPS) is 28.3. The molecule has 3 aliphatic heterocycles. The van der Waals surface area contributed by atoms with E-state index in [1.54, 1.807) is 6.20 Å². The lowest BCUT2D eigenvalue weighted by molar-refractivity contribution is -0.140. The third kappa shape index (κ3) is 8.05. The average Bonchev–Trinajstić information content (AvgIpc) is 3.84. The van der Waals surface area contributed by atoms with Gasteiger partial charge in [0.1, 0.15) is 29.4 Å². The lowest BCUT2D eigenvalue weighted by Gasteiger charge is -2.38. The zero-order chi connectivity index (χ0) is 42.7. The van der Waals surface area contributed by atoms with E-state index in [9.17, 15) is 19.2 Å². The SMILES string of the molecule is COC(=O)NC(C(=O)N1[C@@H]2C[C@@H]2C[C@H]1c1ncc(C#Cc2ccc3cc(-c4cnc([C@@H]5C[C@H]6C[C@H]6N5C(=O)[C@@H](NC(=O)OC)C(C)C)[nH]4)ccc3c2)[nH]1)[C@H]1C[C@@H](C)O[C@@H](C)C1. The maximum atomic E-state index is 14.3. The van der Waals surface area contributed by atoms with Crippen molar-refractivity contribution in [2.45, 2.75) is 115 Å². The molecule has 5 aliphatic rings. The van der Waals surface area contributed by atoms with Gasteiger partial charge in [-0.05, 0) is 111 Å². The van der Waals surface area contributed by atoms with E-state index in [1.165, 1.54) is 14.2 Å². The van der Waals surface area contributed by atoms with Crippen LogP contribution in [0.5, 0.6) is 0 Å². The first-order valence-electron chi connectivity index (χ1n) is 21.5. The quantitative estimate of drug-likeness (QED) is 0.147. The van der Waals surface area contributed by atoms with Crippen LogP contribution in [0, 0.1) is 35.5 Å². The van der Waals surface area contributed by atoms with Gasteiger partial charge in [-0.25, -0.2) is 19.6 Å². The van der Waals surface area contributed by atoms with E-state index in [2.05, 4.69) is 62.8 Å². The number of carbonyl (C=O) groups excluding carboxylic acids is 4. The standard InChI is InChI=1S/C46H54N8O7/c1-23(2)39(51-45(57)59-5)43(55)53-35-17-31(35)20-38(53)42-48-22-34(50-42)29-11-10-27-15-26(7-9-28(27)16-29)8-12-33-21-47-41(49-33)37-19-30-18-36(30)54(37)44(56)40(52-46(58)60-6)32-13-24(3)61-25(4)14-32/h7,9-11,15-16,21-25,30-32,35-40H,13-14,17-20H2,1-6H3,(H,47,49)(H,48,50)(H,51,57)(H,52,58)/t24-,25+,30-,31-,32+,35-,36-,37+,38+,39+,40?/m1/s1. The molecule has 4 amide bonds. The smallest absolute Gasteiger partial charge is 0.407 e.